The Kier molecular flexibility index (Phi) is 5.44. The highest BCUT2D eigenvalue weighted by atomic mass is 19.4. The minimum absolute atomic E-state index is 0.214. The molecule has 0 saturated heterocycles. The molecular weight excluding hydrogens is 373 g/mol. The molecule has 0 aliphatic rings. The van der Waals surface area contributed by atoms with E-state index in [1.54, 1.807) is 13.1 Å². The van der Waals surface area contributed by atoms with Crippen molar-refractivity contribution >= 4 is 11.2 Å². The Morgan fingerprint density at radius 3 is 2.46 bits per heavy atom. The van der Waals surface area contributed by atoms with Crippen molar-refractivity contribution in [3.63, 3.8) is 0 Å². The first kappa shape index (κ1) is 19.9. The molecule has 0 atom stereocenters. The fourth-order valence-electron chi connectivity index (χ4n) is 3.17. The fraction of sp³-hybridized carbons (Fsp3) is 0.421. The molecule has 2 heterocycles. The van der Waals surface area contributed by atoms with Crippen LogP contribution < -0.4 is 9.47 Å². The Hall–Kier alpha value is -2.84. The van der Waals surface area contributed by atoms with Gasteiger partial charge in [0.1, 0.15) is 17.0 Å². The van der Waals surface area contributed by atoms with E-state index in [-0.39, 0.29) is 17.5 Å². The van der Waals surface area contributed by atoms with Crippen molar-refractivity contribution in [2.45, 2.75) is 46.0 Å². The number of aryl methyl sites for hydroxylation is 1. The Labute approximate surface area is 160 Å². The van der Waals surface area contributed by atoms with Gasteiger partial charge in [0, 0.05) is 11.6 Å². The molecule has 28 heavy (non-hydrogen) atoms. The molecule has 1 aromatic carbocycles. The molecule has 0 amide bonds. The quantitative estimate of drug-likeness (QED) is 0.584. The maximum absolute atomic E-state index is 12.5. The number of rotatable bonds is 6. The van der Waals surface area contributed by atoms with E-state index in [2.05, 4.69) is 33.7 Å². The molecule has 3 rings (SSSR count). The number of benzene rings is 1. The average molecular weight is 394 g/mol. The van der Waals surface area contributed by atoms with E-state index in [4.69, 9.17) is 4.74 Å². The van der Waals surface area contributed by atoms with Crippen LogP contribution in [0.1, 0.15) is 38.4 Å². The van der Waals surface area contributed by atoms with E-state index in [0.29, 0.717) is 28.1 Å². The second kappa shape index (κ2) is 7.65. The Morgan fingerprint density at radius 1 is 1.14 bits per heavy atom. The van der Waals surface area contributed by atoms with Crippen LogP contribution in [0.15, 0.2) is 24.4 Å². The molecular formula is C19H21F3N4O2. The Bertz CT molecular complexity index is 981. The summed E-state index contributed by atoms with van der Waals surface area (Å²) in [4.78, 5) is 9.30. The van der Waals surface area contributed by atoms with Gasteiger partial charge in [0.25, 0.3) is 0 Å². The van der Waals surface area contributed by atoms with Gasteiger partial charge < -0.3 is 9.47 Å². The predicted octanol–water partition coefficient (Wildman–Crippen LogP) is 5.07. The van der Waals surface area contributed by atoms with Crippen molar-refractivity contribution in [3.05, 3.63) is 30.1 Å². The molecule has 150 valence electrons. The lowest BCUT2D eigenvalue weighted by Crippen LogP contribution is -2.17. The highest BCUT2D eigenvalue weighted by Gasteiger charge is 2.31. The highest BCUT2D eigenvalue weighted by molar-refractivity contribution is 5.78. The summed E-state index contributed by atoms with van der Waals surface area (Å²) in [6, 6.07) is 4.12. The number of methoxy groups -OCH3 is 1. The van der Waals surface area contributed by atoms with Gasteiger partial charge >= 0.3 is 6.36 Å². The number of hydrogen-bond acceptors (Lipinski definition) is 5. The molecule has 0 aliphatic heterocycles. The lowest BCUT2D eigenvalue weighted by Gasteiger charge is -2.15. The van der Waals surface area contributed by atoms with Gasteiger partial charge in [0.15, 0.2) is 5.65 Å². The summed E-state index contributed by atoms with van der Waals surface area (Å²) in [5.74, 6) is -0.146. The lowest BCUT2D eigenvalue weighted by atomic mass is 10.1. The summed E-state index contributed by atoms with van der Waals surface area (Å²) in [6.07, 6.45) is -1.28. The average Bonchev–Trinajstić information content (AvgIpc) is 3.03. The fourth-order valence-corrected chi connectivity index (χ4v) is 3.17. The van der Waals surface area contributed by atoms with Gasteiger partial charge in [-0.3, -0.25) is 0 Å². The summed E-state index contributed by atoms with van der Waals surface area (Å²) in [7, 11) is 1.38. The van der Waals surface area contributed by atoms with E-state index >= 15 is 0 Å². The molecule has 6 nitrogen and oxygen atoms in total. The van der Waals surface area contributed by atoms with Crippen molar-refractivity contribution in [3.8, 4) is 22.8 Å². The number of hydrogen-bond donors (Lipinski definition) is 0. The third kappa shape index (κ3) is 3.88. The maximum Gasteiger partial charge on any atom is 0.573 e. The minimum Gasteiger partial charge on any atom is -0.496 e. The molecule has 0 saturated carbocycles. The van der Waals surface area contributed by atoms with Gasteiger partial charge in [0.2, 0.25) is 0 Å². The van der Waals surface area contributed by atoms with Crippen LogP contribution in [0.4, 0.5) is 13.2 Å². The lowest BCUT2D eigenvalue weighted by molar-refractivity contribution is -0.274. The van der Waals surface area contributed by atoms with Gasteiger partial charge in [-0.25, -0.2) is 14.6 Å². The van der Waals surface area contributed by atoms with Gasteiger partial charge in [-0.2, -0.15) is 5.10 Å². The van der Waals surface area contributed by atoms with Crippen molar-refractivity contribution in [1.82, 2.24) is 19.7 Å². The van der Waals surface area contributed by atoms with E-state index in [0.717, 1.165) is 12.8 Å². The monoisotopic (exact) mass is 394 g/mol. The summed E-state index contributed by atoms with van der Waals surface area (Å²) in [5, 5.41) is 4.43. The molecule has 2 aromatic heterocycles. The van der Waals surface area contributed by atoms with Crippen molar-refractivity contribution in [2.24, 2.45) is 0 Å². The molecule has 0 unspecified atom stereocenters. The van der Waals surface area contributed by atoms with Crippen LogP contribution in [0.5, 0.6) is 11.5 Å². The first-order valence-corrected chi connectivity index (χ1v) is 8.93. The second-order valence-electron chi connectivity index (χ2n) is 6.34. The van der Waals surface area contributed by atoms with E-state index in [9.17, 15) is 13.2 Å². The largest absolute Gasteiger partial charge is 0.573 e. The van der Waals surface area contributed by atoms with Crippen LogP contribution in [0.3, 0.4) is 0 Å². The van der Waals surface area contributed by atoms with E-state index in [1.807, 2.05) is 4.68 Å². The third-order valence-corrected chi connectivity index (χ3v) is 4.55. The third-order valence-electron chi connectivity index (χ3n) is 4.55. The van der Waals surface area contributed by atoms with Crippen molar-refractivity contribution in [1.29, 1.82) is 0 Å². The molecule has 0 spiro atoms. The standard InChI is InChI=1S/C19H21F3N4O2/c1-5-12(6-2)26-18-15(10-23-26)25-17(11(3)24-18)14-8-7-13(9-16(14)27-4)28-19(20,21)22/h7-10,12H,5-6H2,1-4H3. The van der Waals surface area contributed by atoms with Crippen LogP contribution in [0, 0.1) is 6.92 Å². The topological polar surface area (TPSA) is 62.1 Å². The molecule has 9 heteroatoms. The summed E-state index contributed by atoms with van der Waals surface area (Å²) >= 11 is 0. The summed E-state index contributed by atoms with van der Waals surface area (Å²) < 4.78 is 48.5. The van der Waals surface area contributed by atoms with Gasteiger partial charge in [-0.05, 0) is 31.9 Å². The number of aromatic nitrogens is 4. The van der Waals surface area contributed by atoms with Gasteiger partial charge in [0.05, 0.1) is 30.7 Å². The minimum atomic E-state index is -4.77. The van der Waals surface area contributed by atoms with Gasteiger partial charge in [-0.1, -0.05) is 13.8 Å². The number of nitrogens with zero attached hydrogens (tertiary/aromatic N) is 4. The molecule has 0 aliphatic carbocycles. The second-order valence-corrected chi connectivity index (χ2v) is 6.34. The summed E-state index contributed by atoms with van der Waals surface area (Å²) in [6.45, 7) is 5.98. The Morgan fingerprint density at radius 2 is 1.86 bits per heavy atom. The van der Waals surface area contributed by atoms with Gasteiger partial charge in [-0.15, -0.1) is 13.2 Å². The van der Waals surface area contributed by atoms with Crippen LogP contribution in [-0.4, -0.2) is 33.2 Å². The Balaban J connectivity index is 2.07. The molecule has 3 aromatic rings. The first-order chi connectivity index (χ1) is 13.3. The molecule has 0 fully saturated rings. The number of fused-ring (bicyclic) bond motifs is 1. The van der Waals surface area contributed by atoms with Crippen molar-refractivity contribution < 1.29 is 22.6 Å². The van der Waals surface area contributed by atoms with Crippen molar-refractivity contribution in [2.75, 3.05) is 7.11 Å². The molecule has 0 N–H and O–H groups in total. The van der Waals surface area contributed by atoms with E-state index < -0.39 is 6.36 Å². The SMILES string of the molecule is CCC(CC)n1ncc2nc(-c3ccc(OC(F)(F)F)cc3OC)c(C)nc21. The zero-order valence-corrected chi connectivity index (χ0v) is 16.0. The zero-order chi connectivity index (χ0) is 20.5. The highest BCUT2D eigenvalue weighted by Crippen LogP contribution is 2.36. The number of halogens is 3. The number of alkyl halides is 3. The normalized spacial score (nSPS) is 12.0. The van der Waals surface area contributed by atoms with Crippen LogP contribution >= 0.6 is 0 Å². The van der Waals surface area contributed by atoms with Crippen LogP contribution in [-0.2, 0) is 0 Å². The van der Waals surface area contributed by atoms with E-state index in [1.165, 1.54) is 25.3 Å². The van der Waals surface area contributed by atoms with Crippen LogP contribution in [0.2, 0.25) is 0 Å². The smallest absolute Gasteiger partial charge is 0.496 e. The number of ether oxygens (including phenoxy) is 2. The summed E-state index contributed by atoms with van der Waals surface area (Å²) in [5.41, 5.74) is 2.98. The predicted molar refractivity (Wildman–Crippen MR) is 98.4 cm³/mol. The first-order valence-electron chi connectivity index (χ1n) is 8.93. The zero-order valence-electron chi connectivity index (χ0n) is 16.0. The maximum atomic E-state index is 12.5. The molecule has 0 radical (unpaired) electrons. The molecule has 0 bridgehead atoms. The van der Waals surface area contributed by atoms with Crippen LogP contribution in [0.25, 0.3) is 22.4 Å².